The molecule has 0 saturated carbocycles. The van der Waals surface area contributed by atoms with Crippen LogP contribution in [0.3, 0.4) is 0 Å². The second kappa shape index (κ2) is 8.66. The maximum absolute atomic E-state index is 4.71. The molecule has 11 heteroatoms. The Bertz CT molecular complexity index is 1150. The van der Waals surface area contributed by atoms with E-state index in [1.54, 1.807) is 6.20 Å². The first-order valence-corrected chi connectivity index (χ1v) is 10.4. The van der Waals surface area contributed by atoms with E-state index in [1.165, 1.54) is 0 Å². The summed E-state index contributed by atoms with van der Waals surface area (Å²) in [6.07, 6.45) is 1.75. The molecule has 5 rings (SSSR count). The Morgan fingerprint density at radius 1 is 1.03 bits per heavy atom. The van der Waals surface area contributed by atoms with Crippen LogP contribution in [0, 0.1) is 6.92 Å². The van der Waals surface area contributed by atoms with Crippen molar-refractivity contribution >= 4 is 28.7 Å². The fourth-order valence-corrected chi connectivity index (χ4v) is 3.66. The number of aryl methyl sites for hydroxylation is 1. The number of anilines is 3. The highest BCUT2D eigenvalue weighted by Crippen LogP contribution is 2.25. The van der Waals surface area contributed by atoms with Gasteiger partial charge in [0.25, 0.3) is 0 Å². The van der Waals surface area contributed by atoms with E-state index < -0.39 is 0 Å². The van der Waals surface area contributed by atoms with Gasteiger partial charge in [0.2, 0.25) is 17.8 Å². The molecule has 4 heterocycles. The van der Waals surface area contributed by atoms with Crippen LogP contribution in [-0.4, -0.2) is 78.9 Å². The predicted octanol–water partition coefficient (Wildman–Crippen LogP) is 1.30. The van der Waals surface area contributed by atoms with Gasteiger partial charge in [0.05, 0.1) is 11.0 Å². The van der Waals surface area contributed by atoms with E-state index in [0.29, 0.717) is 29.5 Å². The van der Waals surface area contributed by atoms with Crippen molar-refractivity contribution in [2.45, 2.75) is 6.92 Å². The third kappa shape index (κ3) is 4.32. The Labute approximate surface area is 179 Å². The third-order valence-corrected chi connectivity index (χ3v) is 5.16. The number of nitrogens with one attached hydrogen (secondary N) is 4. The van der Waals surface area contributed by atoms with E-state index in [1.807, 2.05) is 41.8 Å². The van der Waals surface area contributed by atoms with E-state index >= 15 is 0 Å². The first kappa shape index (κ1) is 19.4. The summed E-state index contributed by atoms with van der Waals surface area (Å²) in [5, 5.41) is 16.9. The molecule has 1 fully saturated rings. The maximum Gasteiger partial charge on any atom is 0.242 e. The molecule has 0 aliphatic carbocycles. The zero-order valence-corrected chi connectivity index (χ0v) is 17.3. The van der Waals surface area contributed by atoms with Gasteiger partial charge in [-0.05, 0) is 19.1 Å². The lowest BCUT2D eigenvalue weighted by atomic mass is 10.3. The Morgan fingerprint density at radius 3 is 2.74 bits per heavy atom. The van der Waals surface area contributed by atoms with Gasteiger partial charge in [-0.3, -0.25) is 10.00 Å². The third-order valence-electron chi connectivity index (χ3n) is 5.16. The summed E-state index contributed by atoms with van der Waals surface area (Å²) < 4.78 is 1.89. The average Bonchev–Trinajstić information content (AvgIpc) is 3.41. The van der Waals surface area contributed by atoms with Gasteiger partial charge in [0, 0.05) is 51.5 Å². The van der Waals surface area contributed by atoms with Gasteiger partial charge in [-0.2, -0.15) is 20.1 Å². The van der Waals surface area contributed by atoms with Gasteiger partial charge in [0.1, 0.15) is 5.82 Å². The standard InChI is InChI=1S/C20H25N11/c1-14-24-18(22-10-13-30-11-8-21-9-12-30)28-19(25-14)31-16-5-3-2-4-15(16)26-20(31)27-17-6-7-23-29-17/h2-7,21H,8-13H2,1H3,(H,22,24,25,28)(H2,23,26,27,29). The van der Waals surface area contributed by atoms with Crippen molar-refractivity contribution in [1.82, 2.24) is 44.9 Å². The van der Waals surface area contributed by atoms with Crippen molar-refractivity contribution in [3.05, 3.63) is 42.4 Å². The van der Waals surface area contributed by atoms with Crippen LogP contribution in [0.5, 0.6) is 0 Å². The number of hydrogen-bond acceptors (Lipinski definition) is 9. The summed E-state index contributed by atoms with van der Waals surface area (Å²) in [6, 6.07) is 9.72. The number of piperazine rings is 1. The monoisotopic (exact) mass is 419 g/mol. The zero-order valence-electron chi connectivity index (χ0n) is 17.3. The van der Waals surface area contributed by atoms with E-state index in [9.17, 15) is 0 Å². The molecule has 0 radical (unpaired) electrons. The molecular formula is C20H25N11. The van der Waals surface area contributed by atoms with Crippen molar-refractivity contribution < 1.29 is 0 Å². The number of nitrogens with zero attached hydrogens (tertiary/aromatic N) is 7. The van der Waals surface area contributed by atoms with Gasteiger partial charge in [-0.15, -0.1) is 0 Å². The molecule has 0 spiro atoms. The Morgan fingerprint density at radius 2 is 1.90 bits per heavy atom. The van der Waals surface area contributed by atoms with Crippen LogP contribution in [0.15, 0.2) is 36.5 Å². The van der Waals surface area contributed by atoms with Crippen LogP contribution in [0.4, 0.5) is 17.7 Å². The Hall–Kier alpha value is -3.57. The first-order valence-electron chi connectivity index (χ1n) is 10.4. The van der Waals surface area contributed by atoms with Crippen LogP contribution in [0.1, 0.15) is 5.82 Å². The molecule has 3 aromatic heterocycles. The van der Waals surface area contributed by atoms with Crippen molar-refractivity contribution in [2.24, 2.45) is 0 Å². The van der Waals surface area contributed by atoms with Gasteiger partial charge >= 0.3 is 0 Å². The van der Waals surface area contributed by atoms with Crippen molar-refractivity contribution in [2.75, 3.05) is 49.9 Å². The molecule has 4 aromatic rings. The highest BCUT2D eigenvalue weighted by Gasteiger charge is 2.17. The second-order valence-corrected chi connectivity index (χ2v) is 7.37. The largest absolute Gasteiger partial charge is 0.353 e. The lowest BCUT2D eigenvalue weighted by molar-refractivity contribution is 0.249. The zero-order chi connectivity index (χ0) is 21.0. The molecule has 0 bridgehead atoms. The quantitative estimate of drug-likeness (QED) is 0.351. The molecule has 4 N–H and O–H groups in total. The molecule has 1 aliphatic rings. The van der Waals surface area contributed by atoms with E-state index in [0.717, 1.165) is 50.3 Å². The molecule has 0 unspecified atom stereocenters. The Balaban J connectivity index is 1.43. The number of aromatic amines is 1. The lowest BCUT2D eigenvalue weighted by Gasteiger charge is -2.27. The van der Waals surface area contributed by atoms with E-state index in [-0.39, 0.29) is 0 Å². The lowest BCUT2D eigenvalue weighted by Crippen LogP contribution is -2.45. The highest BCUT2D eigenvalue weighted by atomic mass is 15.3. The van der Waals surface area contributed by atoms with Crippen LogP contribution in [-0.2, 0) is 0 Å². The van der Waals surface area contributed by atoms with Gasteiger partial charge in [0.15, 0.2) is 5.82 Å². The SMILES string of the molecule is Cc1nc(NCCN2CCNCC2)nc(-n2c(Nc3cc[nH]n3)nc3ccccc32)n1. The minimum Gasteiger partial charge on any atom is -0.353 e. The molecule has 0 atom stereocenters. The van der Waals surface area contributed by atoms with Crippen molar-refractivity contribution in [3.63, 3.8) is 0 Å². The number of benzene rings is 1. The smallest absolute Gasteiger partial charge is 0.242 e. The van der Waals surface area contributed by atoms with Gasteiger partial charge < -0.3 is 16.0 Å². The summed E-state index contributed by atoms with van der Waals surface area (Å²) >= 11 is 0. The summed E-state index contributed by atoms with van der Waals surface area (Å²) in [6.45, 7) is 7.78. The van der Waals surface area contributed by atoms with Crippen LogP contribution in [0.2, 0.25) is 0 Å². The number of aromatic nitrogens is 7. The summed E-state index contributed by atoms with van der Waals surface area (Å²) in [5.74, 6) is 2.95. The molecule has 31 heavy (non-hydrogen) atoms. The number of imidazole rings is 1. The topological polar surface area (TPSA) is 125 Å². The summed E-state index contributed by atoms with van der Waals surface area (Å²) in [5.41, 5.74) is 1.74. The summed E-state index contributed by atoms with van der Waals surface area (Å²) in [4.78, 5) is 20.9. The highest BCUT2D eigenvalue weighted by molar-refractivity contribution is 5.81. The molecule has 1 aromatic carbocycles. The second-order valence-electron chi connectivity index (χ2n) is 7.37. The van der Waals surface area contributed by atoms with E-state index in [4.69, 9.17) is 4.98 Å². The van der Waals surface area contributed by atoms with Crippen molar-refractivity contribution in [1.29, 1.82) is 0 Å². The molecule has 1 saturated heterocycles. The number of H-pyrrole nitrogens is 1. The number of rotatable bonds is 7. The fourth-order valence-electron chi connectivity index (χ4n) is 3.66. The number of para-hydroxylation sites is 2. The molecule has 1 aliphatic heterocycles. The normalized spacial score (nSPS) is 14.7. The van der Waals surface area contributed by atoms with Crippen LogP contribution >= 0.6 is 0 Å². The van der Waals surface area contributed by atoms with Gasteiger partial charge in [-0.1, -0.05) is 12.1 Å². The molecular weight excluding hydrogens is 394 g/mol. The average molecular weight is 419 g/mol. The predicted molar refractivity (Wildman–Crippen MR) is 119 cm³/mol. The van der Waals surface area contributed by atoms with Crippen molar-refractivity contribution in [3.8, 4) is 5.95 Å². The van der Waals surface area contributed by atoms with Gasteiger partial charge in [-0.25, -0.2) is 9.55 Å². The molecule has 0 amide bonds. The molecule has 11 nitrogen and oxygen atoms in total. The number of hydrogen-bond donors (Lipinski definition) is 4. The number of fused-ring (bicyclic) bond motifs is 1. The summed E-state index contributed by atoms with van der Waals surface area (Å²) in [7, 11) is 0. The fraction of sp³-hybridized carbons (Fsp3) is 0.350. The maximum atomic E-state index is 4.71. The van der Waals surface area contributed by atoms with Crippen LogP contribution in [0.25, 0.3) is 17.0 Å². The first-order chi connectivity index (χ1) is 15.3. The molecule has 160 valence electrons. The Kier molecular flexibility index (Phi) is 5.42. The minimum absolute atomic E-state index is 0.504. The van der Waals surface area contributed by atoms with Crippen LogP contribution < -0.4 is 16.0 Å². The minimum atomic E-state index is 0.504. The van der Waals surface area contributed by atoms with E-state index in [2.05, 4.69) is 46.0 Å².